The van der Waals surface area contributed by atoms with Gasteiger partial charge >= 0.3 is 0 Å². The number of piperidine rings is 1. The van der Waals surface area contributed by atoms with Gasteiger partial charge in [-0.05, 0) is 46.0 Å². The second-order valence-electron chi connectivity index (χ2n) is 5.65. The Morgan fingerprint density at radius 2 is 1.89 bits per heavy atom. The molecule has 0 radical (unpaired) electrons. The number of nitrogens with one attached hydrogen (secondary N) is 1. The summed E-state index contributed by atoms with van der Waals surface area (Å²) in [5, 5.41) is 3.64. The van der Waals surface area contributed by atoms with Crippen LogP contribution < -0.4 is 5.32 Å². The standard InChI is InChI=1S/C15H26N2O/c1-4-6-11(3)15(18)17(5-2)14-9-12-7-8-13(10-14)16-12/h6,12-14,16H,4-5,7-10H2,1-3H3. The molecule has 2 heterocycles. The van der Waals surface area contributed by atoms with Crippen LogP contribution in [0.5, 0.6) is 0 Å². The summed E-state index contributed by atoms with van der Waals surface area (Å²) in [4.78, 5) is 14.5. The Bertz CT molecular complexity index is 325. The number of fused-ring (bicyclic) bond motifs is 2. The minimum Gasteiger partial charge on any atom is -0.336 e. The Balaban J connectivity index is 2.04. The number of likely N-dealkylation sites (N-methyl/N-ethyl adjacent to an activating group) is 1. The number of carbonyl (C=O) groups excluding carboxylic acids is 1. The summed E-state index contributed by atoms with van der Waals surface area (Å²) in [5.41, 5.74) is 0.908. The minimum atomic E-state index is 0.241. The molecule has 2 unspecified atom stereocenters. The second-order valence-corrected chi connectivity index (χ2v) is 5.65. The molecule has 1 N–H and O–H groups in total. The Morgan fingerprint density at radius 3 is 2.39 bits per heavy atom. The van der Waals surface area contributed by atoms with Crippen molar-refractivity contribution in [3.8, 4) is 0 Å². The van der Waals surface area contributed by atoms with Gasteiger partial charge in [-0.3, -0.25) is 4.79 Å². The average molecular weight is 250 g/mol. The molecule has 102 valence electrons. The van der Waals surface area contributed by atoms with Crippen LogP contribution >= 0.6 is 0 Å². The second kappa shape index (κ2) is 5.87. The Labute approximate surface area is 111 Å². The summed E-state index contributed by atoms with van der Waals surface area (Å²) in [6.45, 7) is 6.96. The van der Waals surface area contributed by atoms with Gasteiger partial charge in [-0.2, -0.15) is 0 Å². The highest BCUT2D eigenvalue weighted by Crippen LogP contribution is 2.30. The van der Waals surface area contributed by atoms with Crippen molar-refractivity contribution in [1.82, 2.24) is 10.2 Å². The molecule has 2 aliphatic rings. The third-order valence-corrected chi connectivity index (χ3v) is 4.34. The zero-order valence-corrected chi connectivity index (χ0v) is 11.9. The molecule has 0 aliphatic carbocycles. The van der Waals surface area contributed by atoms with E-state index < -0.39 is 0 Å². The van der Waals surface area contributed by atoms with Crippen molar-refractivity contribution in [2.75, 3.05) is 6.54 Å². The Hall–Kier alpha value is -0.830. The maximum atomic E-state index is 12.4. The third-order valence-electron chi connectivity index (χ3n) is 4.34. The van der Waals surface area contributed by atoms with Crippen LogP contribution in [0.25, 0.3) is 0 Å². The quantitative estimate of drug-likeness (QED) is 0.777. The number of hydrogen-bond donors (Lipinski definition) is 1. The van der Waals surface area contributed by atoms with Gasteiger partial charge in [0, 0.05) is 30.2 Å². The molecule has 2 atom stereocenters. The summed E-state index contributed by atoms with van der Waals surface area (Å²) >= 11 is 0. The molecule has 0 saturated carbocycles. The first-order valence-electron chi connectivity index (χ1n) is 7.39. The van der Waals surface area contributed by atoms with E-state index in [1.807, 2.05) is 13.0 Å². The van der Waals surface area contributed by atoms with Gasteiger partial charge in [0.15, 0.2) is 0 Å². The number of allylic oxidation sites excluding steroid dienone is 1. The highest BCUT2D eigenvalue weighted by atomic mass is 16.2. The first kappa shape index (κ1) is 13.6. The van der Waals surface area contributed by atoms with E-state index in [1.165, 1.54) is 12.8 Å². The van der Waals surface area contributed by atoms with E-state index in [4.69, 9.17) is 0 Å². The Kier molecular flexibility index (Phi) is 4.44. The number of hydrogen-bond acceptors (Lipinski definition) is 2. The molecule has 2 fully saturated rings. The highest BCUT2D eigenvalue weighted by molar-refractivity contribution is 5.93. The largest absolute Gasteiger partial charge is 0.336 e. The predicted molar refractivity (Wildman–Crippen MR) is 74.4 cm³/mol. The molecule has 3 nitrogen and oxygen atoms in total. The van der Waals surface area contributed by atoms with Gasteiger partial charge in [0.1, 0.15) is 0 Å². The Morgan fingerprint density at radius 1 is 1.28 bits per heavy atom. The van der Waals surface area contributed by atoms with E-state index in [-0.39, 0.29) is 5.91 Å². The van der Waals surface area contributed by atoms with Crippen LogP contribution in [0.1, 0.15) is 52.9 Å². The van der Waals surface area contributed by atoms with Crippen molar-refractivity contribution < 1.29 is 4.79 Å². The minimum absolute atomic E-state index is 0.241. The summed E-state index contributed by atoms with van der Waals surface area (Å²) < 4.78 is 0. The van der Waals surface area contributed by atoms with E-state index in [0.29, 0.717) is 18.1 Å². The van der Waals surface area contributed by atoms with E-state index in [0.717, 1.165) is 31.4 Å². The van der Waals surface area contributed by atoms with Gasteiger partial charge in [0.2, 0.25) is 5.91 Å². The monoisotopic (exact) mass is 250 g/mol. The van der Waals surface area contributed by atoms with Crippen LogP contribution in [-0.4, -0.2) is 35.5 Å². The maximum absolute atomic E-state index is 12.4. The van der Waals surface area contributed by atoms with Gasteiger partial charge in [-0.15, -0.1) is 0 Å². The zero-order chi connectivity index (χ0) is 13.1. The van der Waals surface area contributed by atoms with Crippen LogP contribution in [0.3, 0.4) is 0 Å². The zero-order valence-electron chi connectivity index (χ0n) is 11.9. The predicted octanol–water partition coefficient (Wildman–Crippen LogP) is 2.47. The first-order valence-corrected chi connectivity index (χ1v) is 7.39. The fourth-order valence-electron chi connectivity index (χ4n) is 3.47. The van der Waals surface area contributed by atoms with Crippen molar-refractivity contribution in [2.24, 2.45) is 0 Å². The molecule has 1 amide bonds. The summed E-state index contributed by atoms with van der Waals surface area (Å²) in [7, 11) is 0. The molecule has 0 spiro atoms. The van der Waals surface area contributed by atoms with Crippen molar-refractivity contribution in [1.29, 1.82) is 0 Å². The van der Waals surface area contributed by atoms with Crippen LogP contribution in [0.15, 0.2) is 11.6 Å². The fraction of sp³-hybridized carbons (Fsp3) is 0.800. The molecule has 2 saturated heterocycles. The number of nitrogens with zero attached hydrogens (tertiary/aromatic N) is 1. The lowest BCUT2D eigenvalue weighted by molar-refractivity contribution is -0.129. The van der Waals surface area contributed by atoms with Crippen molar-refractivity contribution >= 4 is 5.91 Å². The van der Waals surface area contributed by atoms with Crippen molar-refractivity contribution in [3.05, 3.63) is 11.6 Å². The molecule has 2 bridgehead atoms. The number of carbonyl (C=O) groups is 1. The molecule has 3 heteroatoms. The molecule has 2 rings (SSSR count). The van der Waals surface area contributed by atoms with Crippen LogP contribution in [-0.2, 0) is 4.79 Å². The SMILES string of the molecule is CCC=C(C)C(=O)N(CC)C1CC2CCC(C1)N2. The summed E-state index contributed by atoms with van der Waals surface area (Å²) in [5.74, 6) is 0.241. The van der Waals surface area contributed by atoms with E-state index >= 15 is 0 Å². The molecule has 2 aliphatic heterocycles. The molecular formula is C15H26N2O. The van der Waals surface area contributed by atoms with E-state index in [1.54, 1.807) is 0 Å². The van der Waals surface area contributed by atoms with Gasteiger partial charge in [0.25, 0.3) is 0 Å². The molecule has 0 aromatic rings. The lowest BCUT2D eigenvalue weighted by atomic mass is 9.97. The van der Waals surface area contributed by atoms with E-state index in [2.05, 4.69) is 24.1 Å². The lowest BCUT2D eigenvalue weighted by Gasteiger charge is -2.37. The fourth-order valence-corrected chi connectivity index (χ4v) is 3.47. The van der Waals surface area contributed by atoms with Gasteiger partial charge in [-0.25, -0.2) is 0 Å². The topological polar surface area (TPSA) is 32.3 Å². The van der Waals surface area contributed by atoms with Gasteiger partial charge in [-0.1, -0.05) is 13.0 Å². The normalized spacial score (nSPS) is 31.5. The average Bonchev–Trinajstić information content (AvgIpc) is 2.69. The maximum Gasteiger partial charge on any atom is 0.249 e. The molecule has 18 heavy (non-hydrogen) atoms. The lowest BCUT2D eigenvalue weighted by Crippen LogP contribution is -2.50. The first-order chi connectivity index (χ1) is 8.65. The van der Waals surface area contributed by atoms with E-state index in [9.17, 15) is 4.79 Å². The summed E-state index contributed by atoms with van der Waals surface area (Å²) in [6, 6.07) is 1.73. The molecule has 0 aromatic carbocycles. The van der Waals surface area contributed by atoms with Gasteiger partial charge in [0.05, 0.1) is 0 Å². The summed E-state index contributed by atoms with van der Waals surface area (Å²) in [6.07, 6.45) is 7.83. The van der Waals surface area contributed by atoms with Crippen molar-refractivity contribution in [2.45, 2.75) is 71.0 Å². The van der Waals surface area contributed by atoms with Crippen LogP contribution in [0.4, 0.5) is 0 Å². The number of amides is 1. The van der Waals surface area contributed by atoms with Crippen LogP contribution in [0.2, 0.25) is 0 Å². The van der Waals surface area contributed by atoms with Crippen LogP contribution in [0, 0.1) is 0 Å². The highest BCUT2D eigenvalue weighted by Gasteiger charge is 2.37. The third kappa shape index (κ3) is 2.77. The molecule has 0 aromatic heterocycles. The smallest absolute Gasteiger partial charge is 0.249 e. The van der Waals surface area contributed by atoms with Crippen molar-refractivity contribution in [3.63, 3.8) is 0 Å². The molecular weight excluding hydrogens is 224 g/mol. The number of rotatable bonds is 4. The van der Waals surface area contributed by atoms with Gasteiger partial charge < -0.3 is 10.2 Å².